The van der Waals surface area contributed by atoms with Gasteiger partial charge in [-0.3, -0.25) is 0 Å². The first-order valence-corrected chi connectivity index (χ1v) is 8.49. The molecule has 7 nitrogen and oxygen atoms in total. The van der Waals surface area contributed by atoms with Crippen molar-refractivity contribution in [2.24, 2.45) is 0 Å². The van der Waals surface area contributed by atoms with E-state index in [-0.39, 0.29) is 11.5 Å². The number of nitrogen functional groups attached to an aromatic ring is 1. The number of hydrogen-bond acceptors (Lipinski definition) is 6. The van der Waals surface area contributed by atoms with Crippen LogP contribution >= 0.6 is 0 Å². The molecular weight excluding hydrogens is 290 g/mol. The van der Waals surface area contributed by atoms with E-state index in [9.17, 15) is 8.42 Å². The van der Waals surface area contributed by atoms with Crippen molar-refractivity contribution in [1.29, 1.82) is 0 Å². The van der Waals surface area contributed by atoms with Gasteiger partial charge in [0.05, 0.1) is 17.0 Å². The Morgan fingerprint density at radius 1 is 1.38 bits per heavy atom. The van der Waals surface area contributed by atoms with Crippen LogP contribution < -0.4 is 5.73 Å². The molecule has 0 saturated carbocycles. The van der Waals surface area contributed by atoms with Crippen molar-refractivity contribution in [2.75, 3.05) is 17.2 Å². The van der Waals surface area contributed by atoms with Gasteiger partial charge in [-0.1, -0.05) is 12.1 Å². The van der Waals surface area contributed by atoms with Gasteiger partial charge in [0.25, 0.3) is 0 Å². The fourth-order valence-electron chi connectivity index (χ4n) is 2.75. The van der Waals surface area contributed by atoms with Crippen LogP contribution in [0.15, 0.2) is 18.2 Å². The number of tetrazole rings is 1. The van der Waals surface area contributed by atoms with Crippen molar-refractivity contribution in [2.45, 2.75) is 25.8 Å². The Hall–Kier alpha value is -1.96. The Kier molecular flexibility index (Phi) is 3.01. The number of hydrogen-bond donors (Lipinski definition) is 1. The van der Waals surface area contributed by atoms with E-state index in [0.29, 0.717) is 17.9 Å². The van der Waals surface area contributed by atoms with Gasteiger partial charge < -0.3 is 5.73 Å². The van der Waals surface area contributed by atoms with Gasteiger partial charge in [0.15, 0.2) is 15.7 Å². The number of nitrogens with zero attached hydrogens (tertiary/aromatic N) is 4. The number of nitrogens with two attached hydrogens (primary N) is 1. The molecule has 1 unspecified atom stereocenters. The standard InChI is InChI=1S/C13H17N5O2S/c1-9-4-3-5-10(11(9)14)12-15-16-17-18(12)13(2)6-7-21(19,20)8-13/h3-5H,6-8,14H2,1-2H3. The third-order valence-corrected chi connectivity index (χ3v) is 5.92. The molecule has 1 saturated heterocycles. The minimum Gasteiger partial charge on any atom is -0.398 e. The molecule has 1 aliphatic heterocycles. The molecule has 112 valence electrons. The van der Waals surface area contributed by atoms with Gasteiger partial charge in [-0.15, -0.1) is 5.10 Å². The van der Waals surface area contributed by atoms with Gasteiger partial charge in [-0.05, 0) is 42.3 Å². The van der Waals surface area contributed by atoms with E-state index < -0.39 is 15.4 Å². The molecule has 1 aromatic carbocycles. The van der Waals surface area contributed by atoms with E-state index in [4.69, 9.17) is 5.73 Å². The van der Waals surface area contributed by atoms with Crippen molar-refractivity contribution in [3.05, 3.63) is 23.8 Å². The van der Waals surface area contributed by atoms with E-state index in [2.05, 4.69) is 15.5 Å². The maximum absolute atomic E-state index is 11.8. The maximum atomic E-state index is 11.8. The lowest BCUT2D eigenvalue weighted by Crippen LogP contribution is -2.33. The Labute approximate surface area is 123 Å². The van der Waals surface area contributed by atoms with Crippen LogP contribution in [0.1, 0.15) is 18.9 Å². The minimum absolute atomic E-state index is 0.0454. The molecule has 0 radical (unpaired) electrons. The second kappa shape index (κ2) is 4.52. The van der Waals surface area contributed by atoms with Crippen molar-refractivity contribution in [3.63, 3.8) is 0 Å². The molecule has 2 heterocycles. The Balaban J connectivity index is 2.12. The normalized spacial score (nSPS) is 24.3. The van der Waals surface area contributed by atoms with Crippen LogP contribution in [-0.2, 0) is 15.4 Å². The maximum Gasteiger partial charge on any atom is 0.184 e. The lowest BCUT2D eigenvalue weighted by molar-refractivity contribution is 0.325. The highest BCUT2D eigenvalue weighted by Gasteiger charge is 2.42. The van der Waals surface area contributed by atoms with Crippen LogP contribution in [0, 0.1) is 6.92 Å². The average Bonchev–Trinajstić information content (AvgIpc) is 2.98. The second-order valence-electron chi connectivity index (χ2n) is 5.79. The van der Waals surface area contributed by atoms with E-state index in [1.165, 1.54) is 0 Å². The molecule has 0 bridgehead atoms. The first-order valence-electron chi connectivity index (χ1n) is 6.67. The predicted molar refractivity (Wildman–Crippen MR) is 79.3 cm³/mol. The molecule has 8 heteroatoms. The summed E-state index contributed by atoms with van der Waals surface area (Å²) in [5, 5.41) is 11.8. The van der Waals surface area contributed by atoms with Crippen molar-refractivity contribution >= 4 is 15.5 Å². The zero-order valence-electron chi connectivity index (χ0n) is 11.9. The number of aromatic nitrogens is 4. The summed E-state index contributed by atoms with van der Waals surface area (Å²) in [4.78, 5) is 0. The molecule has 21 heavy (non-hydrogen) atoms. The molecule has 2 N–H and O–H groups in total. The first kappa shape index (κ1) is 14.0. The van der Waals surface area contributed by atoms with Gasteiger partial charge in [0.2, 0.25) is 0 Å². The number of para-hydroxylation sites is 1. The SMILES string of the molecule is Cc1cccc(-c2nnnn2C2(C)CCS(=O)(=O)C2)c1N. The number of benzene rings is 1. The van der Waals surface area contributed by atoms with Gasteiger partial charge >= 0.3 is 0 Å². The molecule has 0 amide bonds. The summed E-state index contributed by atoms with van der Waals surface area (Å²) in [5.41, 5.74) is 7.75. The van der Waals surface area contributed by atoms with Crippen LogP contribution in [0.2, 0.25) is 0 Å². The smallest absolute Gasteiger partial charge is 0.184 e. The zero-order valence-corrected chi connectivity index (χ0v) is 12.8. The predicted octanol–water partition coefficient (Wildman–Crippen LogP) is 0.764. The second-order valence-corrected chi connectivity index (χ2v) is 7.97. The summed E-state index contributed by atoms with van der Waals surface area (Å²) in [7, 11) is -3.04. The molecule has 3 rings (SSSR count). The molecule has 0 spiro atoms. The molecule has 1 aliphatic rings. The average molecular weight is 307 g/mol. The van der Waals surface area contributed by atoms with E-state index >= 15 is 0 Å². The number of rotatable bonds is 2. The van der Waals surface area contributed by atoms with Crippen molar-refractivity contribution < 1.29 is 8.42 Å². The quantitative estimate of drug-likeness (QED) is 0.822. The highest BCUT2D eigenvalue weighted by molar-refractivity contribution is 7.91. The van der Waals surface area contributed by atoms with Crippen LogP contribution in [0.3, 0.4) is 0 Å². The summed E-state index contributed by atoms with van der Waals surface area (Å²) in [5.74, 6) is 0.714. The highest BCUT2D eigenvalue weighted by atomic mass is 32.2. The third kappa shape index (κ3) is 2.29. The summed E-state index contributed by atoms with van der Waals surface area (Å²) < 4.78 is 25.2. The highest BCUT2D eigenvalue weighted by Crippen LogP contribution is 2.34. The van der Waals surface area contributed by atoms with Crippen LogP contribution in [0.25, 0.3) is 11.4 Å². The Morgan fingerprint density at radius 3 is 2.81 bits per heavy atom. The topological polar surface area (TPSA) is 104 Å². The van der Waals surface area contributed by atoms with Crippen molar-refractivity contribution in [3.8, 4) is 11.4 Å². The van der Waals surface area contributed by atoms with E-state index in [1.54, 1.807) is 4.68 Å². The van der Waals surface area contributed by atoms with Gasteiger partial charge in [-0.2, -0.15) is 0 Å². The molecule has 1 aromatic heterocycles. The summed E-state index contributed by atoms with van der Waals surface area (Å²) >= 11 is 0. The number of anilines is 1. The van der Waals surface area contributed by atoms with Crippen molar-refractivity contribution in [1.82, 2.24) is 20.2 Å². The summed E-state index contributed by atoms with van der Waals surface area (Å²) in [6, 6.07) is 5.64. The molecule has 2 aromatic rings. The van der Waals surface area contributed by atoms with E-state index in [0.717, 1.165) is 11.1 Å². The monoisotopic (exact) mass is 307 g/mol. The van der Waals surface area contributed by atoms with Gasteiger partial charge in [0, 0.05) is 11.3 Å². The van der Waals surface area contributed by atoms with E-state index in [1.807, 2.05) is 32.0 Å². The van der Waals surface area contributed by atoms with Crippen LogP contribution in [0.5, 0.6) is 0 Å². The van der Waals surface area contributed by atoms with Crippen LogP contribution in [0.4, 0.5) is 5.69 Å². The lowest BCUT2D eigenvalue weighted by atomic mass is 10.0. The molecule has 1 atom stereocenters. The first-order chi connectivity index (χ1) is 9.82. The fraction of sp³-hybridized carbons (Fsp3) is 0.462. The summed E-state index contributed by atoms with van der Waals surface area (Å²) in [6.45, 7) is 3.78. The number of sulfone groups is 1. The Bertz CT molecular complexity index is 799. The lowest BCUT2D eigenvalue weighted by Gasteiger charge is -2.23. The molecule has 1 fully saturated rings. The molecular formula is C13H17N5O2S. The van der Waals surface area contributed by atoms with Crippen LogP contribution in [-0.4, -0.2) is 40.1 Å². The third-order valence-electron chi connectivity index (χ3n) is 4.03. The molecule has 0 aliphatic carbocycles. The fourth-order valence-corrected chi connectivity index (χ4v) is 4.86. The van der Waals surface area contributed by atoms with Gasteiger partial charge in [0.1, 0.15) is 0 Å². The Morgan fingerprint density at radius 2 is 2.14 bits per heavy atom. The summed E-state index contributed by atoms with van der Waals surface area (Å²) in [6.07, 6.45) is 0.499. The van der Waals surface area contributed by atoms with Gasteiger partial charge in [-0.25, -0.2) is 13.1 Å². The zero-order chi connectivity index (χ0) is 15.3. The minimum atomic E-state index is -3.04. The largest absolute Gasteiger partial charge is 0.398 e. The number of aryl methyl sites for hydroxylation is 1.